The Balaban J connectivity index is 2.04. The second-order valence-electron chi connectivity index (χ2n) is 4.89. The number of hydrogen-bond acceptors (Lipinski definition) is 4. The minimum absolute atomic E-state index is 0.0954. The highest BCUT2D eigenvalue weighted by Gasteiger charge is 2.18. The Labute approximate surface area is 126 Å². The lowest BCUT2D eigenvalue weighted by Gasteiger charge is -2.04. The van der Waals surface area contributed by atoms with Gasteiger partial charge in [0, 0.05) is 12.5 Å². The summed E-state index contributed by atoms with van der Waals surface area (Å²) in [6, 6.07) is 17.2. The summed E-state index contributed by atoms with van der Waals surface area (Å²) in [6.07, 6.45) is 0.170. The Morgan fingerprint density at radius 1 is 1.05 bits per heavy atom. The first-order valence-corrected chi connectivity index (χ1v) is 6.76. The van der Waals surface area contributed by atoms with E-state index in [2.05, 4.69) is 4.98 Å². The third-order valence-electron chi connectivity index (χ3n) is 3.38. The van der Waals surface area contributed by atoms with E-state index in [4.69, 9.17) is 0 Å². The van der Waals surface area contributed by atoms with Gasteiger partial charge in [0.25, 0.3) is 5.69 Å². The molecular weight excluding hydrogens is 280 g/mol. The SMILES string of the molecule is O=C(Cc1ccccc1)c1cc([N+](=O)[O-])c2ccccc2n1. The van der Waals surface area contributed by atoms with Crippen LogP contribution in [0.4, 0.5) is 5.69 Å². The fourth-order valence-corrected chi connectivity index (χ4v) is 2.32. The largest absolute Gasteiger partial charge is 0.292 e. The molecule has 0 spiro atoms. The number of benzene rings is 2. The summed E-state index contributed by atoms with van der Waals surface area (Å²) in [5.74, 6) is -0.236. The van der Waals surface area contributed by atoms with Crippen molar-refractivity contribution in [2.24, 2.45) is 0 Å². The quantitative estimate of drug-likeness (QED) is 0.418. The first-order chi connectivity index (χ1) is 10.6. The van der Waals surface area contributed by atoms with E-state index >= 15 is 0 Å². The third-order valence-corrected chi connectivity index (χ3v) is 3.38. The van der Waals surface area contributed by atoms with Crippen molar-refractivity contribution in [3.05, 3.63) is 82.0 Å². The normalized spacial score (nSPS) is 10.5. The molecule has 0 fully saturated rings. The number of fused-ring (bicyclic) bond motifs is 1. The van der Waals surface area contributed by atoms with Crippen molar-refractivity contribution in [3.8, 4) is 0 Å². The van der Waals surface area contributed by atoms with Crippen LogP contribution in [0.2, 0.25) is 0 Å². The average molecular weight is 292 g/mol. The van der Waals surface area contributed by atoms with Crippen molar-refractivity contribution in [3.63, 3.8) is 0 Å². The molecule has 3 aromatic rings. The summed E-state index contributed by atoms with van der Waals surface area (Å²) in [4.78, 5) is 27.3. The fourth-order valence-electron chi connectivity index (χ4n) is 2.32. The molecule has 22 heavy (non-hydrogen) atoms. The second kappa shape index (κ2) is 5.73. The first kappa shape index (κ1) is 13.9. The summed E-state index contributed by atoms with van der Waals surface area (Å²) < 4.78 is 0. The van der Waals surface area contributed by atoms with Crippen molar-refractivity contribution < 1.29 is 9.72 Å². The fraction of sp³-hybridized carbons (Fsp3) is 0.0588. The number of carbonyl (C=O) groups is 1. The zero-order valence-corrected chi connectivity index (χ0v) is 11.6. The summed E-state index contributed by atoms with van der Waals surface area (Å²) in [7, 11) is 0. The van der Waals surface area contributed by atoms with E-state index in [1.807, 2.05) is 30.3 Å². The van der Waals surface area contributed by atoms with Gasteiger partial charge in [0.2, 0.25) is 0 Å². The highest BCUT2D eigenvalue weighted by Crippen LogP contribution is 2.25. The third kappa shape index (κ3) is 2.69. The zero-order valence-electron chi connectivity index (χ0n) is 11.6. The number of pyridine rings is 1. The van der Waals surface area contributed by atoms with Gasteiger partial charge in [0.15, 0.2) is 5.78 Å². The predicted molar refractivity (Wildman–Crippen MR) is 82.9 cm³/mol. The minimum atomic E-state index is -0.483. The van der Waals surface area contributed by atoms with Gasteiger partial charge in [-0.05, 0) is 17.7 Å². The molecule has 0 radical (unpaired) electrons. The van der Waals surface area contributed by atoms with E-state index in [1.165, 1.54) is 6.07 Å². The van der Waals surface area contributed by atoms with Gasteiger partial charge in [0.05, 0.1) is 15.8 Å². The lowest BCUT2D eigenvalue weighted by molar-refractivity contribution is -0.383. The number of hydrogen-bond donors (Lipinski definition) is 0. The van der Waals surface area contributed by atoms with Crippen LogP contribution in [0.1, 0.15) is 16.1 Å². The molecule has 1 heterocycles. The van der Waals surface area contributed by atoms with E-state index in [1.54, 1.807) is 24.3 Å². The topological polar surface area (TPSA) is 73.1 Å². The van der Waals surface area contributed by atoms with Crippen molar-refractivity contribution in [1.82, 2.24) is 4.98 Å². The number of para-hydroxylation sites is 1. The summed E-state index contributed by atoms with van der Waals surface area (Å²) in [6.45, 7) is 0. The Hall–Kier alpha value is -3.08. The predicted octanol–water partition coefficient (Wildman–Crippen LogP) is 3.57. The van der Waals surface area contributed by atoms with E-state index in [-0.39, 0.29) is 23.6 Å². The van der Waals surface area contributed by atoms with Crippen LogP contribution < -0.4 is 0 Å². The Bertz CT molecular complexity index is 860. The van der Waals surface area contributed by atoms with E-state index in [9.17, 15) is 14.9 Å². The number of aromatic nitrogens is 1. The van der Waals surface area contributed by atoms with E-state index < -0.39 is 4.92 Å². The smallest absolute Gasteiger partial charge is 0.281 e. The number of carbonyl (C=O) groups excluding carboxylic acids is 1. The molecule has 0 aliphatic carbocycles. The van der Waals surface area contributed by atoms with Crippen LogP contribution in [-0.2, 0) is 6.42 Å². The molecule has 5 nitrogen and oxygen atoms in total. The molecule has 0 unspecified atom stereocenters. The van der Waals surface area contributed by atoms with Crippen molar-refractivity contribution >= 4 is 22.4 Å². The van der Waals surface area contributed by atoms with Gasteiger partial charge >= 0.3 is 0 Å². The van der Waals surface area contributed by atoms with E-state index in [0.29, 0.717) is 10.9 Å². The molecule has 0 bridgehead atoms. The number of Topliss-reactive ketones (excluding diaryl/α,β-unsaturated/α-hetero) is 1. The maximum atomic E-state index is 12.3. The molecule has 1 aromatic heterocycles. The van der Waals surface area contributed by atoms with Gasteiger partial charge in [0.1, 0.15) is 5.69 Å². The molecule has 0 amide bonds. The first-order valence-electron chi connectivity index (χ1n) is 6.76. The maximum Gasteiger partial charge on any atom is 0.281 e. The Kier molecular flexibility index (Phi) is 3.62. The maximum absolute atomic E-state index is 12.3. The highest BCUT2D eigenvalue weighted by molar-refractivity contribution is 6.00. The molecule has 0 saturated heterocycles. The monoisotopic (exact) mass is 292 g/mol. The van der Waals surface area contributed by atoms with Crippen LogP contribution in [-0.4, -0.2) is 15.7 Å². The van der Waals surface area contributed by atoms with Gasteiger partial charge in [-0.1, -0.05) is 42.5 Å². The van der Waals surface area contributed by atoms with E-state index in [0.717, 1.165) is 5.56 Å². The van der Waals surface area contributed by atoms with Crippen LogP contribution in [0, 0.1) is 10.1 Å². The van der Waals surface area contributed by atoms with Crippen molar-refractivity contribution in [1.29, 1.82) is 0 Å². The van der Waals surface area contributed by atoms with Gasteiger partial charge < -0.3 is 0 Å². The number of nitro groups is 1. The summed E-state index contributed by atoms with van der Waals surface area (Å²) in [5, 5.41) is 11.6. The molecule has 0 N–H and O–H groups in total. The molecule has 0 saturated carbocycles. The van der Waals surface area contributed by atoms with Crippen LogP contribution in [0.5, 0.6) is 0 Å². The molecule has 108 valence electrons. The molecule has 0 aliphatic heterocycles. The molecule has 0 atom stereocenters. The van der Waals surface area contributed by atoms with Crippen LogP contribution in [0.15, 0.2) is 60.7 Å². The number of rotatable bonds is 4. The van der Waals surface area contributed by atoms with Crippen LogP contribution >= 0.6 is 0 Å². The lowest BCUT2D eigenvalue weighted by Crippen LogP contribution is -2.07. The standard InChI is InChI=1S/C17H12N2O3/c20-17(10-12-6-2-1-3-7-12)15-11-16(19(21)22)13-8-4-5-9-14(13)18-15/h1-9,11H,10H2. The average Bonchev–Trinajstić information content (AvgIpc) is 2.54. The van der Waals surface area contributed by atoms with Gasteiger partial charge in [-0.25, -0.2) is 4.98 Å². The van der Waals surface area contributed by atoms with Gasteiger partial charge in [-0.3, -0.25) is 14.9 Å². The molecular formula is C17H12N2O3. The molecule has 3 rings (SSSR count). The zero-order chi connectivity index (χ0) is 15.5. The minimum Gasteiger partial charge on any atom is -0.292 e. The Morgan fingerprint density at radius 2 is 1.73 bits per heavy atom. The summed E-state index contributed by atoms with van der Waals surface area (Å²) in [5.41, 5.74) is 1.33. The van der Waals surface area contributed by atoms with Crippen molar-refractivity contribution in [2.75, 3.05) is 0 Å². The van der Waals surface area contributed by atoms with Gasteiger partial charge in [-0.15, -0.1) is 0 Å². The number of ketones is 1. The van der Waals surface area contributed by atoms with Crippen molar-refractivity contribution in [2.45, 2.75) is 6.42 Å². The van der Waals surface area contributed by atoms with Gasteiger partial charge in [-0.2, -0.15) is 0 Å². The highest BCUT2D eigenvalue weighted by atomic mass is 16.6. The Morgan fingerprint density at radius 3 is 2.45 bits per heavy atom. The molecule has 2 aromatic carbocycles. The summed E-state index contributed by atoms with van der Waals surface area (Å²) >= 11 is 0. The van der Waals surface area contributed by atoms with Crippen LogP contribution in [0.3, 0.4) is 0 Å². The number of nitrogens with zero attached hydrogens (tertiary/aromatic N) is 2. The van der Waals surface area contributed by atoms with Crippen LogP contribution in [0.25, 0.3) is 10.9 Å². The lowest BCUT2D eigenvalue weighted by atomic mass is 10.1. The molecule has 5 heteroatoms. The second-order valence-corrected chi connectivity index (χ2v) is 4.89. The molecule has 0 aliphatic rings.